The van der Waals surface area contributed by atoms with Crippen LogP contribution in [0.1, 0.15) is 52.5 Å². The summed E-state index contributed by atoms with van der Waals surface area (Å²) in [7, 11) is 0. The summed E-state index contributed by atoms with van der Waals surface area (Å²) in [5.74, 6) is 1.37. The van der Waals surface area contributed by atoms with E-state index in [0.29, 0.717) is 24.2 Å². The fourth-order valence-corrected chi connectivity index (χ4v) is 3.01. The quantitative estimate of drug-likeness (QED) is 0.831. The van der Waals surface area contributed by atoms with Crippen LogP contribution in [0, 0.1) is 11.8 Å². The minimum absolute atomic E-state index is 0.286. The van der Waals surface area contributed by atoms with Gasteiger partial charge < -0.3 is 4.90 Å². The van der Waals surface area contributed by atoms with E-state index in [1.54, 1.807) is 12.7 Å². The predicted molar refractivity (Wildman–Crippen MR) is 78.1 cm³/mol. The van der Waals surface area contributed by atoms with E-state index < -0.39 is 0 Å². The molecule has 0 aliphatic carbocycles. The zero-order valence-electron chi connectivity index (χ0n) is 12.8. The first-order chi connectivity index (χ1) is 9.61. The van der Waals surface area contributed by atoms with Crippen molar-refractivity contribution >= 4 is 5.91 Å². The molecule has 5 heteroatoms. The highest BCUT2D eigenvalue weighted by atomic mass is 16.2. The van der Waals surface area contributed by atoms with Gasteiger partial charge in [0.05, 0.1) is 6.04 Å². The van der Waals surface area contributed by atoms with Gasteiger partial charge in [-0.25, -0.2) is 9.67 Å². The summed E-state index contributed by atoms with van der Waals surface area (Å²) in [5.41, 5.74) is 0. The molecule has 2 rings (SSSR count). The van der Waals surface area contributed by atoms with Crippen molar-refractivity contribution in [2.24, 2.45) is 11.8 Å². The van der Waals surface area contributed by atoms with Crippen LogP contribution in [0.3, 0.4) is 0 Å². The summed E-state index contributed by atoms with van der Waals surface area (Å²) in [6.45, 7) is 8.24. The molecule has 1 aliphatic rings. The third kappa shape index (κ3) is 3.58. The largest absolute Gasteiger partial charge is 0.341 e. The first-order valence-electron chi connectivity index (χ1n) is 7.73. The number of hydrogen-bond acceptors (Lipinski definition) is 3. The number of nitrogens with zero attached hydrogens (tertiary/aromatic N) is 4. The van der Waals surface area contributed by atoms with Gasteiger partial charge in [0.15, 0.2) is 0 Å². The monoisotopic (exact) mass is 278 g/mol. The molecule has 2 heterocycles. The van der Waals surface area contributed by atoms with E-state index in [2.05, 4.69) is 30.9 Å². The summed E-state index contributed by atoms with van der Waals surface area (Å²) in [4.78, 5) is 18.5. The molecule has 2 atom stereocenters. The van der Waals surface area contributed by atoms with Gasteiger partial charge in [0.2, 0.25) is 5.91 Å². The Labute approximate surface area is 121 Å². The molecule has 112 valence electrons. The molecule has 0 saturated carbocycles. The molecule has 0 N–H and O–H groups in total. The first-order valence-corrected chi connectivity index (χ1v) is 7.73. The third-order valence-corrected chi connectivity index (χ3v) is 4.46. The molecule has 5 nitrogen and oxygen atoms in total. The van der Waals surface area contributed by atoms with E-state index in [1.165, 1.54) is 0 Å². The van der Waals surface area contributed by atoms with Gasteiger partial charge in [-0.15, -0.1) is 0 Å². The van der Waals surface area contributed by atoms with Crippen molar-refractivity contribution in [2.75, 3.05) is 13.1 Å². The van der Waals surface area contributed by atoms with Gasteiger partial charge in [0.25, 0.3) is 0 Å². The van der Waals surface area contributed by atoms with E-state index in [4.69, 9.17) is 0 Å². The number of amides is 1. The second-order valence-electron chi connectivity index (χ2n) is 6.13. The fraction of sp³-hybridized carbons (Fsp3) is 0.800. The molecule has 0 bridgehead atoms. The fourth-order valence-electron chi connectivity index (χ4n) is 3.01. The molecule has 1 aromatic rings. The van der Waals surface area contributed by atoms with Crippen LogP contribution < -0.4 is 0 Å². The van der Waals surface area contributed by atoms with Gasteiger partial charge in [0, 0.05) is 19.5 Å². The summed E-state index contributed by atoms with van der Waals surface area (Å²) >= 11 is 0. The molecule has 1 amide bonds. The van der Waals surface area contributed by atoms with E-state index in [1.807, 2.05) is 9.58 Å². The predicted octanol–water partition coefficient (Wildman–Crippen LogP) is 2.51. The zero-order chi connectivity index (χ0) is 14.5. The van der Waals surface area contributed by atoms with Crippen molar-refractivity contribution in [1.82, 2.24) is 19.7 Å². The Kier molecular flexibility index (Phi) is 5.15. The number of likely N-dealkylation sites (tertiary alicyclic amines) is 1. The molecule has 1 saturated heterocycles. The number of rotatable bonds is 5. The van der Waals surface area contributed by atoms with Crippen LogP contribution >= 0.6 is 0 Å². The van der Waals surface area contributed by atoms with Crippen LogP contribution in [0.15, 0.2) is 12.7 Å². The molecule has 1 aromatic heterocycles. The van der Waals surface area contributed by atoms with Gasteiger partial charge in [0.1, 0.15) is 12.7 Å². The number of hydrogen-bond donors (Lipinski definition) is 0. The van der Waals surface area contributed by atoms with Crippen molar-refractivity contribution < 1.29 is 4.79 Å². The lowest BCUT2D eigenvalue weighted by molar-refractivity contribution is -0.134. The molecule has 0 unspecified atom stereocenters. The van der Waals surface area contributed by atoms with Crippen LogP contribution in [0.4, 0.5) is 0 Å². The van der Waals surface area contributed by atoms with E-state index in [-0.39, 0.29) is 6.04 Å². The topological polar surface area (TPSA) is 51.0 Å². The maximum absolute atomic E-state index is 12.5. The highest BCUT2D eigenvalue weighted by Gasteiger charge is 2.27. The van der Waals surface area contributed by atoms with Gasteiger partial charge in [-0.2, -0.15) is 5.10 Å². The van der Waals surface area contributed by atoms with Crippen molar-refractivity contribution in [3.8, 4) is 0 Å². The molecule has 20 heavy (non-hydrogen) atoms. The van der Waals surface area contributed by atoms with E-state index >= 15 is 0 Å². The lowest BCUT2D eigenvalue weighted by Crippen LogP contribution is -2.41. The summed E-state index contributed by atoms with van der Waals surface area (Å²) in [6, 6.07) is 0.286. The van der Waals surface area contributed by atoms with Gasteiger partial charge in [-0.05, 0) is 24.7 Å². The second kappa shape index (κ2) is 6.86. The average Bonchev–Trinajstić information content (AvgIpc) is 2.98. The van der Waals surface area contributed by atoms with Crippen molar-refractivity contribution in [2.45, 2.75) is 52.5 Å². The first kappa shape index (κ1) is 15.0. The van der Waals surface area contributed by atoms with E-state index in [0.717, 1.165) is 32.4 Å². The van der Waals surface area contributed by atoms with Gasteiger partial charge in [-0.1, -0.05) is 27.2 Å². The highest BCUT2D eigenvalue weighted by molar-refractivity contribution is 5.76. The van der Waals surface area contributed by atoms with Crippen LogP contribution in [0.25, 0.3) is 0 Å². The number of piperidine rings is 1. The minimum atomic E-state index is 0.286. The Bertz CT molecular complexity index is 416. The summed E-state index contributed by atoms with van der Waals surface area (Å²) in [6.07, 6.45) is 7.19. The third-order valence-electron chi connectivity index (χ3n) is 4.46. The molecular formula is C15H26N4O. The average molecular weight is 278 g/mol. The standard InChI is InChI=1S/C15H26N4O/c1-4-13(12(2)3)8-15(20)18-7-5-6-14(9-18)19-11-16-10-17-19/h10-14H,4-9H2,1-3H3/t13-,14+/m1/s1. The molecule has 0 radical (unpaired) electrons. The summed E-state index contributed by atoms with van der Waals surface area (Å²) in [5, 5.41) is 4.21. The zero-order valence-corrected chi connectivity index (χ0v) is 12.8. The van der Waals surface area contributed by atoms with Crippen molar-refractivity contribution in [3.63, 3.8) is 0 Å². The molecular weight excluding hydrogens is 252 g/mol. The Morgan fingerprint density at radius 1 is 1.45 bits per heavy atom. The maximum Gasteiger partial charge on any atom is 0.222 e. The van der Waals surface area contributed by atoms with Gasteiger partial charge in [-0.3, -0.25) is 4.79 Å². The van der Waals surface area contributed by atoms with Crippen molar-refractivity contribution in [3.05, 3.63) is 12.7 Å². The lowest BCUT2D eigenvalue weighted by Gasteiger charge is -2.34. The molecule has 1 fully saturated rings. The normalized spacial score (nSPS) is 21.2. The number of aromatic nitrogens is 3. The Morgan fingerprint density at radius 2 is 2.25 bits per heavy atom. The Morgan fingerprint density at radius 3 is 2.85 bits per heavy atom. The maximum atomic E-state index is 12.5. The Balaban J connectivity index is 1.93. The number of carbonyl (C=O) groups is 1. The number of carbonyl (C=O) groups excluding carboxylic acids is 1. The Hall–Kier alpha value is -1.39. The van der Waals surface area contributed by atoms with Crippen LogP contribution in [-0.4, -0.2) is 38.7 Å². The molecule has 1 aliphatic heterocycles. The lowest BCUT2D eigenvalue weighted by atomic mass is 9.89. The van der Waals surface area contributed by atoms with Crippen LogP contribution in [0.5, 0.6) is 0 Å². The smallest absolute Gasteiger partial charge is 0.222 e. The minimum Gasteiger partial charge on any atom is -0.341 e. The van der Waals surface area contributed by atoms with Crippen molar-refractivity contribution in [1.29, 1.82) is 0 Å². The van der Waals surface area contributed by atoms with Gasteiger partial charge >= 0.3 is 0 Å². The van der Waals surface area contributed by atoms with Crippen LogP contribution in [0.2, 0.25) is 0 Å². The van der Waals surface area contributed by atoms with E-state index in [9.17, 15) is 4.79 Å². The molecule has 0 aromatic carbocycles. The highest BCUT2D eigenvalue weighted by Crippen LogP contribution is 2.24. The molecule has 0 spiro atoms. The van der Waals surface area contributed by atoms with Crippen LogP contribution in [-0.2, 0) is 4.79 Å². The summed E-state index contributed by atoms with van der Waals surface area (Å²) < 4.78 is 1.89. The SMILES string of the molecule is CC[C@H](CC(=O)N1CCC[C@H](n2cncn2)C1)C(C)C. The second-order valence-corrected chi connectivity index (χ2v) is 6.13.